The van der Waals surface area contributed by atoms with Gasteiger partial charge >= 0.3 is 6.09 Å². The maximum atomic E-state index is 12.1. The van der Waals surface area contributed by atoms with Crippen LogP contribution in [0.1, 0.15) is 32.3 Å². The number of amides is 1. The number of hydrogen-bond acceptors (Lipinski definition) is 3. The van der Waals surface area contributed by atoms with Crippen molar-refractivity contribution in [1.29, 1.82) is 0 Å². The Labute approximate surface area is 148 Å². The van der Waals surface area contributed by atoms with Gasteiger partial charge in [-0.3, -0.25) is 9.69 Å². The summed E-state index contributed by atoms with van der Waals surface area (Å²) in [4.78, 5) is 25.1. The Kier molecular flexibility index (Phi) is 4.88. The van der Waals surface area contributed by atoms with Crippen LogP contribution in [0.2, 0.25) is 0 Å². The Bertz CT molecular complexity index is 758. The van der Waals surface area contributed by atoms with Crippen molar-refractivity contribution in [3.05, 3.63) is 60.2 Å². The molecule has 2 atom stereocenters. The lowest BCUT2D eigenvalue weighted by Gasteiger charge is -2.16. The molecule has 2 aliphatic rings. The first kappa shape index (κ1) is 17.2. The van der Waals surface area contributed by atoms with E-state index in [1.807, 2.05) is 24.3 Å². The number of benzene rings is 1. The van der Waals surface area contributed by atoms with Gasteiger partial charge in [0.2, 0.25) is 0 Å². The minimum Gasteiger partial charge on any atom is -0.444 e. The molecule has 25 heavy (non-hydrogen) atoms. The first-order valence-corrected chi connectivity index (χ1v) is 8.59. The Morgan fingerprint density at radius 3 is 2.68 bits per heavy atom. The summed E-state index contributed by atoms with van der Waals surface area (Å²) in [6.07, 6.45) is 7.36. The summed E-state index contributed by atoms with van der Waals surface area (Å²) in [7, 11) is 0. The molecule has 1 aromatic rings. The van der Waals surface area contributed by atoms with E-state index in [2.05, 4.69) is 31.7 Å². The van der Waals surface area contributed by atoms with Crippen molar-refractivity contribution < 1.29 is 14.3 Å². The molecule has 4 heteroatoms. The number of allylic oxidation sites excluding steroid dienone is 4. The predicted molar refractivity (Wildman–Crippen MR) is 99.4 cm³/mol. The van der Waals surface area contributed by atoms with Gasteiger partial charge in [-0.15, -0.1) is 0 Å². The average Bonchev–Trinajstić information content (AvgIpc) is 2.95. The van der Waals surface area contributed by atoms with E-state index < -0.39 is 0 Å². The highest BCUT2D eigenvalue weighted by molar-refractivity contribution is 5.93. The summed E-state index contributed by atoms with van der Waals surface area (Å²) in [5.74, 6) is 0.477. The molecule has 1 aliphatic heterocycles. The van der Waals surface area contributed by atoms with Gasteiger partial charge in [0, 0.05) is 12.1 Å². The first-order valence-electron chi connectivity index (χ1n) is 8.59. The molecule has 0 N–H and O–H groups in total. The number of anilines is 1. The van der Waals surface area contributed by atoms with Gasteiger partial charge in [0.1, 0.15) is 6.10 Å². The molecule has 1 saturated heterocycles. The number of cyclic esters (lactones) is 1. The lowest BCUT2D eigenvalue weighted by atomic mass is 9.93. The second kappa shape index (κ2) is 7.09. The fraction of sp³-hybridized carbons (Fsp3) is 0.333. The molecular weight excluding hydrogens is 314 g/mol. The van der Waals surface area contributed by atoms with Gasteiger partial charge in [-0.2, -0.15) is 0 Å². The number of ether oxygens (including phenoxy) is 1. The molecule has 1 aliphatic carbocycles. The van der Waals surface area contributed by atoms with Crippen LogP contribution in [0, 0.1) is 5.92 Å². The van der Waals surface area contributed by atoms with Crippen molar-refractivity contribution in [3.63, 3.8) is 0 Å². The Balaban J connectivity index is 1.70. The van der Waals surface area contributed by atoms with Gasteiger partial charge in [0.05, 0.1) is 6.54 Å². The average molecular weight is 337 g/mol. The number of carbonyl (C=O) groups excluding carboxylic acids is 2. The quantitative estimate of drug-likeness (QED) is 0.742. The standard InChI is InChI=1S/C21H23NO3/c1-14-5-4-6-18(11-14)17-7-9-19(10-8-17)22-13-20(25-21(22)24)12-15(2)16(3)23/h4,6-11,14,20H,2,5,12-13H2,1,3H3/t14?,20-/m0/s1. The molecule has 1 fully saturated rings. The number of hydrogen-bond donors (Lipinski definition) is 0. The molecule has 1 aromatic carbocycles. The fourth-order valence-electron chi connectivity index (χ4n) is 3.12. The van der Waals surface area contributed by atoms with Crippen molar-refractivity contribution in [2.24, 2.45) is 5.92 Å². The molecule has 0 saturated carbocycles. The molecule has 1 unspecified atom stereocenters. The molecule has 1 amide bonds. The van der Waals surface area contributed by atoms with E-state index in [-0.39, 0.29) is 18.0 Å². The normalized spacial score (nSPS) is 22.6. The molecule has 3 rings (SSSR count). The number of Topliss-reactive ketones (excluding diaryl/α,β-unsaturated/α-hetero) is 1. The summed E-state index contributed by atoms with van der Waals surface area (Å²) in [6, 6.07) is 7.93. The Morgan fingerprint density at radius 2 is 2.04 bits per heavy atom. The SMILES string of the molecule is C=C(C[C@H]1CN(c2ccc(C3=CC(C)CC=C3)cc2)C(=O)O1)C(C)=O. The third kappa shape index (κ3) is 3.90. The molecular formula is C21H23NO3. The van der Waals surface area contributed by atoms with Crippen LogP contribution >= 0.6 is 0 Å². The summed E-state index contributed by atoms with van der Waals surface area (Å²) in [5, 5.41) is 0. The van der Waals surface area contributed by atoms with Crippen LogP contribution in [-0.2, 0) is 9.53 Å². The third-order valence-corrected chi connectivity index (χ3v) is 4.63. The van der Waals surface area contributed by atoms with E-state index >= 15 is 0 Å². The molecule has 130 valence electrons. The van der Waals surface area contributed by atoms with E-state index in [4.69, 9.17) is 4.74 Å². The van der Waals surface area contributed by atoms with Crippen molar-refractivity contribution in [2.45, 2.75) is 32.8 Å². The molecule has 0 spiro atoms. The zero-order valence-electron chi connectivity index (χ0n) is 14.7. The minimum atomic E-state index is -0.375. The van der Waals surface area contributed by atoms with E-state index in [0.29, 0.717) is 24.5 Å². The number of rotatable bonds is 5. The monoisotopic (exact) mass is 337 g/mol. The molecule has 4 nitrogen and oxygen atoms in total. The highest BCUT2D eigenvalue weighted by Crippen LogP contribution is 2.28. The summed E-state index contributed by atoms with van der Waals surface area (Å²) >= 11 is 0. The van der Waals surface area contributed by atoms with Crippen LogP contribution in [0.3, 0.4) is 0 Å². The zero-order valence-corrected chi connectivity index (χ0v) is 14.7. The van der Waals surface area contributed by atoms with Gasteiger partial charge in [-0.25, -0.2) is 4.79 Å². The summed E-state index contributed by atoms with van der Waals surface area (Å²) < 4.78 is 5.36. The second-order valence-electron chi connectivity index (χ2n) is 6.76. The van der Waals surface area contributed by atoms with Crippen LogP contribution in [0.4, 0.5) is 10.5 Å². The predicted octanol–water partition coefficient (Wildman–Crippen LogP) is 4.53. The third-order valence-electron chi connectivity index (χ3n) is 4.63. The molecule has 1 heterocycles. The molecule has 0 bridgehead atoms. The highest BCUT2D eigenvalue weighted by atomic mass is 16.6. The number of carbonyl (C=O) groups is 2. The Hall–Kier alpha value is -2.62. The highest BCUT2D eigenvalue weighted by Gasteiger charge is 2.32. The van der Waals surface area contributed by atoms with Gasteiger partial charge in [0.25, 0.3) is 0 Å². The van der Waals surface area contributed by atoms with Crippen molar-refractivity contribution in [2.75, 3.05) is 11.4 Å². The van der Waals surface area contributed by atoms with Crippen molar-refractivity contribution in [3.8, 4) is 0 Å². The van der Waals surface area contributed by atoms with Gasteiger partial charge < -0.3 is 4.74 Å². The van der Waals surface area contributed by atoms with Crippen LogP contribution in [-0.4, -0.2) is 24.5 Å². The van der Waals surface area contributed by atoms with E-state index in [9.17, 15) is 9.59 Å². The topological polar surface area (TPSA) is 46.6 Å². The minimum absolute atomic E-state index is 0.0677. The largest absolute Gasteiger partial charge is 0.444 e. The zero-order chi connectivity index (χ0) is 18.0. The molecule has 0 radical (unpaired) electrons. The lowest BCUT2D eigenvalue weighted by Crippen LogP contribution is -2.24. The molecule has 0 aromatic heterocycles. The first-order chi connectivity index (χ1) is 11.9. The smallest absolute Gasteiger partial charge is 0.414 e. The maximum Gasteiger partial charge on any atom is 0.414 e. The Morgan fingerprint density at radius 1 is 1.32 bits per heavy atom. The van der Waals surface area contributed by atoms with Gasteiger partial charge in [-0.1, -0.05) is 43.9 Å². The van der Waals surface area contributed by atoms with Crippen LogP contribution < -0.4 is 4.90 Å². The van der Waals surface area contributed by atoms with Crippen LogP contribution in [0.15, 0.2) is 54.6 Å². The second-order valence-corrected chi connectivity index (χ2v) is 6.76. The van der Waals surface area contributed by atoms with Crippen molar-refractivity contribution in [1.82, 2.24) is 0 Å². The lowest BCUT2D eigenvalue weighted by molar-refractivity contribution is -0.113. The van der Waals surface area contributed by atoms with Crippen molar-refractivity contribution >= 4 is 23.1 Å². The van der Waals surface area contributed by atoms with Gasteiger partial charge in [-0.05, 0) is 48.1 Å². The number of nitrogens with zero attached hydrogens (tertiary/aromatic N) is 1. The van der Waals surface area contributed by atoms with E-state index in [1.54, 1.807) is 4.90 Å². The maximum absolute atomic E-state index is 12.1. The van der Waals surface area contributed by atoms with Gasteiger partial charge in [0.15, 0.2) is 5.78 Å². The fourth-order valence-corrected chi connectivity index (χ4v) is 3.12. The summed E-state index contributed by atoms with van der Waals surface area (Å²) in [6.45, 7) is 7.85. The van der Waals surface area contributed by atoms with E-state index in [1.165, 1.54) is 12.5 Å². The van der Waals surface area contributed by atoms with Crippen LogP contribution in [0.25, 0.3) is 5.57 Å². The van der Waals surface area contributed by atoms with E-state index in [0.717, 1.165) is 17.7 Å². The van der Waals surface area contributed by atoms with Crippen LogP contribution in [0.5, 0.6) is 0 Å². The number of ketones is 1. The summed E-state index contributed by atoms with van der Waals surface area (Å²) in [5.41, 5.74) is 3.64.